The van der Waals surface area contributed by atoms with Gasteiger partial charge in [-0.05, 0) is 26.3 Å². The standard InChI is InChI=1S/C17H18N2O2/c1-4-8-13(2)21-17(20)16-11-18-12-19(16)14(3)15-9-6-5-7-10-15/h5-7,9-14H,1-3H3. The first kappa shape index (κ1) is 14.9. The monoisotopic (exact) mass is 282 g/mol. The van der Waals surface area contributed by atoms with Crippen molar-refractivity contribution in [2.75, 3.05) is 0 Å². The van der Waals surface area contributed by atoms with E-state index in [-0.39, 0.29) is 6.04 Å². The average Bonchev–Trinajstić information content (AvgIpc) is 2.97. The molecule has 4 nitrogen and oxygen atoms in total. The summed E-state index contributed by atoms with van der Waals surface area (Å²) in [6, 6.07) is 9.95. The quantitative estimate of drug-likeness (QED) is 0.639. The highest BCUT2D eigenvalue weighted by molar-refractivity contribution is 5.87. The molecule has 2 atom stereocenters. The molecule has 1 aromatic carbocycles. The molecule has 2 rings (SSSR count). The maximum absolute atomic E-state index is 12.2. The SMILES string of the molecule is CC#CC(C)OC(=O)c1cncn1C(C)c1ccccc1. The molecule has 0 N–H and O–H groups in total. The third-order valence-electron chi connectivity index (χ3n) is 3.21. The first-order valence-corrected chi connectivity index (χ1v) is 6.83. The van der Waals surface area contributed by atoms with Gasteiger partial charge in [-0.25, -0.2) is 9.78 Å². The summed E-state index contributed by atoms with van der Waals surface area (Å²) in [6.45, 7) is 5.48. The Morgan fingerprint density at radius 2 is 2.00 bits per heavy atom. The largest absolute Gasteiger partial charge is 0.445 e. The second-order valence-electron chi connectivity index (χ2n) is 4.71. The lowest BCUT2D eigenvalue weighted by molar-refractivity contribution is 0.0424. The molecule has 1 heterocycles. The van der Waals surface area contributed by atoms with Crippen molar-refractivity contribution in [2.45, 2.75) is 32.9 Å². The number of hydrogen-bond acceptors (Lipinski definition) is 3. The fraction of sp³-hybridized carbons (Fsp3) is 0.294. The Balaban J connectivity index is 2.22. The summed E-state index contributed by atoms with van der Waals surface area (Å²) >= 11 is 0. The lowest BCUT2D eigenvalue weighted by atomic mass is 10.1. The fourth-order valence-electron chi connectivity index (χ4n) is 2.12. The zero-order valence-electron chi connectivity index (χ0n) is 12.4. The molecular formula is C17H18N2O2. The maximum Gasteiger partial charge on any atom is 0.357 e. The molecule has 1 aromatic heterocycles. The van der Waals surface area contributed by atoms with Crippen LogP contribution in [0.25, 0.3) is 0 Å². The Bertz CT molecular complexity index is 665. The molecule has 0 fully saturated rings. The van der Waals surface area contributed by atoms with Gasteiger partial charge in [-0.1, -0.05) is 36.3 Å². The number of imidazole rings is 1. The van der Waals surface area contributed by atoms with E-state index in [4.69, 9.17) is 4.74 Å². The number of ether oxygens (including phenoxy) is 1. The number of carbonyl (C=O) groups excluding carboxylic acids is 1. The minimum atomic E-state index is -0.433. The van der Waals surface area contributed by atoms with Crippen LogP contribution in [0.4, 0.5) is 0 Å². The molecule has 0 aliphatic heterocycles. The topological polar surface area (TPSA) is 44.1 Å². The van der Waals surface area contributed by atoms with Gasteiger partial charge in [0.1, 0.15) is 5.69 Å². The molecule has 0 aliphatic rings. The highest BCUT2D eigenvalue weighted by Gasteiger charge is 2.19. The average molecular weight is 282 g/mol. The van der Waals surface area contributed by atoms with Crippen LogP contribution in [0.5, 0.6) is 0 Å². The van der Waals surface area contributed by atoms with Crippen LogP contribution in [0.1, 0.15) is 42.9 Å². The molecule has 0 amide bonds. The van der Waals surface area contributed by atoms with Crippen LogP contribution in [0.3, 0.4) is 0 Å². The lowest BCUT2D eigenvalue weighted by Gasteiger charge is -2.17. The van der Waals surface area contributed by atoms with Crippen molar-refractivity contribution in [1.29, 1.82) is 0 Å². The summed E-state index contributed by atoms with van der Waals surface area (Å²) in [6.07, 6.45) is 2.73. The Morgan fingerprint density at radius 3 is 2.67 bits per heavy atom. The number of carbonyl (C=O) groups is 1. The van der Waals surface area contributed by atoms with Crippen LogP contribution >= 0.6 is 0 Å². The molecule has 0 saturated heterocycles. The molecule has 0 spiro atoms. The zero-order chi connectivity index (χ0) is 15.2. The highest BCUT2D eigenvalue weighted by atomic mass is 16.5. The van der Waals surface area contributed by atoms with Crippen molar-refractivity contribution < 1.29 is 9.53 Å². The molecule has 0 radical (unpaired) electrons. The predicted molar refractivity (Wildman–Crippen MR) is 80.8 cm³/mol. The second kappa shape index (κ2) is 6.76. The van der Waals surface area contributed by atoms with Gasteiger partial charge in [0.2, 0.25) is 0 Å². The summed E-state index contributed by atoms with van der Waals surface area (Å²) in [5, 5.41) is 0. The Morgan fingerprint density at radius 1 is 1.29 bits per heavy atom. The van der Waals surface area contributed by atoms with Gasteiger partial charge in [0.25, 0.3) is 0 Å². The van der Waals surface area contributed by atoms with Crippen LogP contribution in [0, 0.1) is 11.8 Å². The van der Waals surface area contributed by atoms with E-state index < -0.39 is 12.1 Å². The van der Waals surface area contributed by atoms with Crippen molar-refractivity contribution >= 4 is 5.97 Å². The Hall–Kier alpha value is -2.54. The number of aromatic nitrogens is 2. The van der Waals surface area contributed by atoms with Crippen LogP contribution < -0.4 is 0 Å². The highest BCUT2D eigenvalue weighted by Crippen LogP contribution is 2.19. The van der Waals surface area contributed by atoms with E-state index >= 15 is 0 Å². The minimum Gasteiger partial charge on any atom is -0.445 e. The first-order valence-electron chi connectivity index (χ1n) is 6.83. The maximum atomic E-state index is 12.2. The van der Waals surface area contributed by atoms with Crippen LogP contribution in [-0.4, -0.2) is 21.6 Å². The number of rotatable bonds is 4. The number of esters is 1. The third kappa shape index (κ3) is 3.51. The van der Waals surface area contributed by atoms with Crippen LogP contribution in [0.15, 0.2) is 42.9 Å². The van der Waals surface area contributed by atoms with E-state index in [9.17, 15) is 4.79 Å². The molecule has 4 heteroatoms. The zero-order valence-corrected chi connectivity index (χ0v) is 12.4. The molecule has 2 unspecified atom stereocenters. The fourth-order valence-corrected chi connectivity index (χ4v) is 2.12. The van der Waals surface area contributed by atoms with Gasteiger partial charge in [-0.2, -0.15) is 0 Å². The lowest BCUT2D eigenvalue weighted by Crippen LogP contribution is -2.19. The van der Waals surface area contributed by atoms with Gasteiger partial charge >= 0.3 is 5.97 Å². The molecule has 108 valence electrons. The smallest absolute Gasteiger partial charge is 0.357 e. The third-order valence-corrected chi connectivity index (χ3v) is 3.21. The molecule has 21 heavy (non-hydrogen) atoms. The van der Waals surface area contributed by atoms with E-state index in [1.54, 1.807) is 20.2 Å². The number of benzene rings is 1. The number of nitrogens with zero attached hydrogens (tertiary/aromatic N) is 2. The second-order valence-corrected chi connectivity index (χ2v) is 4.71. The van der Waals surface area contributed by atoms with Gasteiger partial charge in [0, 0.05) is 0 Å². The van der Waals surface area contributed by atoms with Crippen molar-refractivity contribution in [3.05, 3.63) is 54.1 Å². The van der Waals surface area contributed by atoms with E-state index in [1.165, 1.54) is 6.20 Å². The summed E-state index contributed by atoms with van der Waals surface area (Å²) in [5.41, 5.74) is 1.53. The summed E-state index contributed by atoms with van der Waals surface area (Å²) < 4.78 is 7.10. The van der Waals surface area contributed by atoms with Gasteiger partial charge < -0.3 is 9.30 Å². The Kier molecular flexibility index (Phi) is 4.78. The first-order chi connectivity index (χ1) is 10.1. The van der Waals surface area contributed by atoms with E-state index in [0.29, 0.717) is 5.69 Å². The van der Waals surface area contributed by atoms with Gasteiger partial charge in [0.15, 0.2) is 6.10 Å². The molecule has 0 bridgehead atoms. The molecular weight excluding hydrogens is 264 g/mol. The van der Waals surface area contributed by atoms with Crippen LogP contribution in [-0.2, 0) is 4.74 Å². The van der Waals surface area contributed by atoms with Crippen molar-refractivity contribution in [1.82, 2.24) is 9.55 Å². The normalized spacial score (nSPS) is 12.9. The molecule has 0 saturated carbocycles. The van der Waals surface area contributed by atoms with Gasteiger partial charge in [-0.3, -0.25) is 0 Å². The molecule has 2 aromatic rings. The van der Waals surface area contributed by atoms with E-state index in [0.717, 1.165) is 5.56 Å². The van der Waals surface area contributed by atoms with E-state index in [2.05, 4.69) is 16.8 Å². The molecule has 0 aliphatic carbocycles. The van der Waals surface area contributed by atoms with Crippen LogP contribution in [0.2, 0.25) is 0 Å². The van der Waals surface area contributed by atoms with Crippen molar-refractivity contribution in [2.24, 2.45) is 0 Å². The summed E-state index contributed by atoms with van der Waals surface area (Å²) in [7, 11) is 0. The number of hydrogen-bond donors (Lipinski definition) is 0. The van der Waals surface area contributed by atoms with Crippen molar-refractivity contribution in [3.63, 3.8) is 0 Å². The summed E-state index contributed by atoms with van der Waals surface area (Å²) in [4.78, 5) is 16.3. The minimum absolute atomic E-state index is 0.00353. The van der Waals surface area contributed by atoms with E-state index in [1.807, 2.05) is 41.8 Å². The van der Waals surface area contributed by atoms with Crippen molar-refractivity contribution in [3.8, 4) is 11.8 Å². The van der Waals surface area contributed by atoms with Gasteiger partial charge in [-0.15, -0.1) is 5.92 Å². The Labute approximate surface area is 124 Å². The predicted octanol–water partition coefficient (Wildman–Crippen LogP) is 3.06. The van der Waals surface area contributed by atoms with Gasteiger partial charge in [0.05, 0.1) is 18.6 Å². The summed E-state index contributed by atoms with van der Waals surface area (Å²) in [5.74, 6) is 5.12.